The first kappa shape index (κ1) is 14.6. The van der Waals surface area contributed by atoms with Crippen LogP contribution < -0.4 is 0 Å². The summed E-state index contributed by atoms with van der Waals surface area (Å²) in [7, 11) is 1.84. The Balaban J connectivity index is 3.47. The van der Waals surface area contributed by atoms with Gasteiger partial charge >= 0.3 is 11.9 Å². The number of carbonyl (C=O) groups is 2. The van der Waals surface area contributed by atoms with Crippen LogP contribution in [0.2, 0.25) is 0 Å². The lowest BCUT2D eigenvalue weighted by molar-refractivity contribution is -0.139. The Hall–Kier alpha value is -1.36. The first-order chi connectivity index (χ1) is 7.43. The van der Waals surface area contributed by atoms with E-state index in [1.807, 2.05) is 11.9 Å². The minimum absolute atomic E-state index is 0.127. The highest BCUT2D eigenvalue weighted by Crippen LogP contribution is 1.95. The number of hydrogen-bond acceptors (Lipinski definition) is 4. The first-order valence-corrected chi connectivity index (χ1v) is 5.16. The summed E-state index contributed by atoms with van der Waals surface area (Å²) in [6.45, 7) is 6.61. The van der Waals surface area contributed by atoms with Gasteiger partial charge in [0.15, 0.2) is 0 Å². The summed E-state index contributed by atoms with van der Waals surface area (Å²) in [6, 6.07) is 0. The molecule has 0 saturated carbocycles. The van der Waals surface area contributed by atoms with E-state index in [4.69, 9.17) is 9.84 Å². The highest BCUT2D eigenvalue weighted by atomic mass is 16.5. The van der Waals surface area contributed by atoms with Gasteiger partial charge in [-0.2, -0.15) is 0 Å². The molecule has 0 radical (unpaired) electrons. The fourth-order valence-corrected chi connectivity index (χ4v) is 1.02. The lowest BCUT2D eigenvalue weighted by atomic mass is 10.3. The third kappa shape index (κ3) is 7.99. The zero-order valence-corrected chi connectivity index (χ0v) is 9.86. The van der Waals surface area contributed by atoms with Crippen molar-refractivity contribution < 1.29 is 19.4 Å². The van der Waals surface area contributed by atoms with E-state index in [1.165, 1.54) is 0 Å². The minimum Gasteiger partial charge on any atom is -0.481 e. The van der Waals surface area contributed by atoms with E-state index >= 15 is 0 Å². The molecule has 0 atom stereocenters. The molecule has 5 nitrogen and oxygen atoms in total. The summed E-state index contributed by atoms with van der Waals surface area (Å²) in [6.07, 6.45) is 0.817. The van der Waals surface area contributed by atoms with E-state index in [0.29, 0.717) is 31.7 Å². The third-order valence-electron chi connectivity index (χ3n) is 1.97. The van der Waals surface area contributed by atoms with Crippen LogP contribution in [-0.4, -0.2) is 48.7 Å². The average molecular weight is 229 g/mol. The van der Waals surface area contributed by atoms with Crippen LogP contribution >= 0.6 is 0 Å². The first-order valence-electron chi connectivity index (χ1n) is 5.16. The Morgan fingerprint density at radius 2 is 2.00 bits per heavy atom. The van der Waals surface area contributed by atoms with E-state index in [9.17, 15) is 9.59 Å². The van der Waals surface area contributed by atoms with Crippen LogP contribution in [0.3, 0.4) is 0 Å². The lowest BCUT2D eigenvalue weighted by Gasteiger charge is -2.14. The molecule has 0 unspecified atom stereocenters. The molecule has 0 aromatic carbocycles. The van der Waals surface area contributed by atoms with Crippen molar-refractivity contribution in [1.82, 2.24) is 4.90 Å². The largest absolute Gasteiger partial charge is 0.481 e. The van der Waals surface area contributed by atoms with Crippen molar-refractivity contribution in [2.75, 3.05) is 26.7 Å². The van der Waals surface area contributed by atoms with Crippen molar-refractivity contribution in [2.45, 2.75) is 19.8 Å². The van der Waals surface area contributed by atoms with Crippen molar-refractivity contribution >= 4 is 11.9 Å². The summed E-state index contributed by atoms with van der Waals surface area (Å²) in [5.74, 6) is -1.19. The molecule has 0 rings (SSSR count). The molecular weight excluding hydrogens is 210 g/mol. The van der Waals surface area contributed by atoms with Gasteiger partial charge < -0.3 is 14.7 Å². The molecule has 0 aromatic rings. The molecule has 0 saturated heterocycles. The van der Waals surface area contributed by atoms with Crippen LogP contribution in [-0.2, 0) is 14.3 Å². The van der Waals surface area contributed by atoms with Crippen molar-refractivity contribution in [1.29, 1.82) is 0 Å². The Kier molecular flexibility index (Phi) is 7.20. The monoisotopic (exact) mass is 229 g/mol. The molecule has 0 aliphatic rings. The molecule has 5 heteroatoms. The molecule has 0 heterocycles. The molecule has 0 fully saturated rings. The van der Waals surface area contributed by atoms with Gasteiger partial charge in [0.2, 0.25) is 0 Å². The second-order valence-electron chi connectivity index (χ2n) is 3.72. The fraction of sp³-hybridized carbons (Fsp3) is 0.636. The van der Waals surface area contributed by atoms with E-state index in [-0.39, 0.29) is 12.4 Å². The number of aliphatic carboxylic acids is 1. The molecule has 92 valence electrons. The zero-order valence-electron chi connectivity index (χ0n) is 9.86. The normalized spacial score (nSPS) is 10.2. The Labute approximate surface area is 95.7 Å². The van der Waals surface area contributed by atoms with Gasteiger partial charge in [-0.05, 0) is 20.4 Å². The molecule has 16 heavy (non-hydrogen) atoms. The summed E-state index contributed by atoms with van der Waals surface area (Å²) in [5.41, 5.74) is 0.388. The summed E-state index contributed by atoms with van der Waals surface area (Å²) in [5, 5.41) is 8.46. The number of nitrogens with zero attached hydrogens (tertiary/aromatic N) is 1. The second kappa shape index (κ2) is 7.87. The topological polar surface area (TPSA) is 66.8 Å². The molecule has 1 N–H and O–H groups in total. The number of esters is 1. The average Bonchev–Trinajstić information content (AvgIpc) is 2.20. The predicted molar refractivity (Wildman–Crippen MR) is 60.1 cm³/mol. The molecule has 0 aromatic heterocycles. The predicted octanol–water partition coefficient (Wildman–Crippen LogP) is 0.902. The SMILES string of the molecule is C=C(C)C(=O)OCCCN(C)CCC(=O)O. The van der Waals surface area contributed by atoms with Gasteiger partial charge in [-0.1, -0.05) is 6.58 Å². The summed E-state index contributed by atoms with van der Waals surface area (Å²) >= 11 is 0. The Morgan fingerprint density at radius 1 is 1.38 bits per heavy atom. The van der Waals surface area contributed by atoms with E-state index < -0.39 is 5.97 Å². The minimum atomic E-state index is -0.805. The summed E-state index contributed by atoms with van der Waals surface area (Å²) < 4.78 is 4.90. The van der Waals surface area contributed by atoms with Crippen molar-refractivity contribution in [3.63, 3.8) is 0 Å². The third-order valence-corrected chi connectivity index (χ3v) is 1.97. The second-order valence-corrected chi connectivity index (χ2v) is 3.72. The van der Waals surface area contributed by atoms with Gasteiger partial charge in [0.05, 0.1) is 13.0 Å². The number of carbonyl (C=O) groups excluding carboxylic acids is 1. The standard InChI is InChI=1S/C11H19NO4/c1-9(2)11(15)16-8-4-6-12(3)7-5-10(13)14/h1,4-8H2,2-3H3,(H,13,14). The quantitative estimate of drug-likeness (QED) is 0.380. The van der Waals surface area contributed by atoms with Crippen molar-refractivity contribution in [2.24, 2.45) is 0 Å². The highest BCUT2D eigenvalue weighted by molar-refractivity contribution is 5.86. The Morgan fingerprint density at radius 3 is 2.50 bits per heavy atom. The van der Waals surface area contributed by atoms with Gasteiger partial charge in [0.1, 0.15) is 0 Å². The van der Waals surface area contributed by atoms with Gasteiger partial charge in [-0.15, -0.1) is 0 Å². The molecule has 0 bridgehead atoms. The maximum Gasteiger partial charge on any atom is 0.333 e. The van der Waals surface area contributed by atoms with Gasteiger partial charge in [-0.3, -0.25) is 4.79 Å². The Bertz CT molecular complexity index is 263. The molecular formula is C11H19NO4. The molecule has 0 aliphatic heterocycles. The van der Waals surface area contributed by atoms with Crippen LogP contribution in [0.5, 0.6) is 0 Å². The smallest absolute Gasteiger partial charge is 0.333 e. The number of carboxylic acid groups (broad SMARTS) is 1. The number of ether oxygens (including phenoxy) is 1. The van der Waals surface area contributed by atoms with Crippen molar-refractivity contribution in [3.05, 3.63) is 12.2 Å². The molecule has 0 aliphatic carbocycles. The van der Waals surface area contributed by atoms with Crippen LogP contribution in [0.4, 0.5) is 0 Å². The molecule has 0 spiro atoms. The van der Waals surface area contributed by atoms with Gasteiger partial charge in [-0.25, -0.2) is 4.79 Å². The van der Waals surface area contributed by atoms with Crippen LogP contribution in [0, 0.1) is 0 Å². The number of carboxylic acids is 1. The number of rotatable bonds is 8. The number of hydrogen-bond donors (Lipinski definition) is 1. The fourth-order valence-electron chi connectivity index (χ4n) is 1.02. The van der Waals surface area contributed by atoms with E-state index in [2.05, 4.69) is 6.58 Å². The van der Waals surface area contributed by atoms with Gasteiger partial charge in [0.25, 0.3) is 0 Å². The summed E-state index contributed by atoms with van der Waals surface area (Å²) in [4.78, 5) is 23.2. The zero-order chi connectivity index (χ0) is 12.6. The van der Waals surface area contributed by atoms with Crippen LogP contribution in [0.25, 0.3) is 0 Å². The van der Waals surface area contributed by atoms with Crippen LogP contribution in [0.1, 0.15) is 19.8 Å². The maximum atomic E-state index is 11.0. The van der Waals surface area contributed by atoms with Crippen molar-refractivity contribution in [3.8, 4) is 0 Å². The van der Waals surface area contributed by atoms with Crippen LogP contribution in [0.15, 0.2) is 12.2 Å². The maximum absolute atomic E-state index is 11.0. The lowest BCUT2D eigenvalue weighted by Crippen LogP contribution is -2.24. The van der Waals surface area contributed by atoms with E-state index in [1.54, 1.807) is 6.92 Å². The molecule has 0 amide bonds. The van der Waals surface area contributed by atoms with E-state index in [0.717, 1.165) is 0 Å². The van der Waals surface area contributed by atoms with Gasteiger partial charge in [0, 0.05) is 18.7 Å². The highest BCUT2D eigenvalue weighted by Gasteiger charge is 2.04.